The topological polar surface area (TPSA) is 78.5 Å². The fraction of sp³-hybridized carbons (Fsp3) is 0.250. The second-order valence-electron chi connectivity index (χ2n) is 6.62. The molecule has 7 heteroatoms. The van der Waals surface area contributed by atoms with Crippen LogP contribution < -0.4 is 10.6 Å². The number of amides is 4. The molecule has 0 aliphatic carbocycles. The molecule has 1 saturated heterocycles. The van der Waals surface area contributed by atoms with Crippen molar-refractivity contribution < 1.29 is 14.4 Å². The van der Waals surface area contributed by atoms with Gasteiger partial charge in [0.1, 0.15) is 12.1 Å². The van der Waals surface area contributed by atoms with E-state index in [2.05, 4.69) is 10.6 Å². The lowest BCUT2D eigenvalue weighted by atomic mass is 9.92. The smallest absolute Gasteiger partial charge is 0.325 e. The molecule has 1 aliphatic heterocycles. The SMILES string of the molecule is C[C@H](NC(=O)CN1C(=O)N[C@@](C)(c2ccccc2)C1=O)c1ccccc1Cl. The largest absolute Gasteiger partial charge is 0.348 e. The first-order valence-electron chi connectivity index (χ1n) is 8.56. The summed E-state index contributed by atoms with van der Waals surface area (Å²) in [5.41, 5.74) is 0.238. The van der Waals surface area contributed by atoms with Crippen molar-refractivity contribution in [2.75, 3.05) is 6.54 Å². The summed E-state index contributed by atoms with van der Waals surface area (Å²) < 4.78 is 0. The highest BCUT2D eigenvalue weighted by molar-refractivity contribution is 6.31. The lowest BCUT2D eigenvalue weighted by Crippen LogP contribution is -2.43. The molecule has 1 fully saturated rings. The van der Waals surface area contributed by atoms with Gasteiger partial charge in [0.05, 0.1) is 6.04 Å². The van der Waals surface area contributed by atoms with E-state index in [0.717, 1.165) is 10.5 Å². The van der Waals surface area contributed by atoms with Crippen LogP contribution in [0.25, 0.3) is 0 Å². The molecule has 2 aromatic carbocycles. The summed E-state index contributed by atoms with van der Waals surface area (Å²) in [6.45, 7) is 3.06. The van der Waals surface area contributed by atoms with Gasteiger partial charge in [0.15, 0.2) is 0 Å². The molecule has 0 bridgehead atoms. The van der Waals surface area contributed by atoms with Gasteiger partial charge < -0.3 is 10.6 Å². The molecule has 4 amide bonds. The molecular weight excluding hydrogens is 366 g/mol. The maximum atomic E-state index is 12.8. The highest BCUT2D eigenvalue weighted by Crippen LogP contribution is 2.28. The van der Waals surface area contributed by atoms with Crippen molar-refractivity contribution in [1.82, 2.24) is 15.5 Å². The minimum atomic E-state index is -1.19. The molecule has 2 aromatic rings. The summed E-state index contributed by atoms with van der Waals surface area (Å²) >= 11 is 6.14. The number of halogens is 1. The Morgan fingerprint density at radius 1 is 1.15 bits per heavy atom. The summed E-state index contributed by atoms with van der Waals surface area (Å²) in [6, 6.07) is 15.2. The van der Waals surface area contributed by atoms with Gasteiger partial charge >= 0.3 is 6.03 Å². The fourth-order valence-corrected chi connectivity index (χ4v) is 3.44. The van der Waals surface area contributed by atoms with E-state index >= 15 is 0 Å². The Balaban J connectivity index is 1.70. The third-order valence-electron chi connectivity index (χ3n) is 4.68. The molecule has 3 rings (SSSR count). The van der Waals surface area contributed by atoms with Crippen molar-refractivity contribution in [3.63, 3.8) is 0 Å². The number of benzene rings is 2. The van der Waals surface area contributed by atoms with Gasteiger partial charge in [-0.25, -0.2) is 4.79 Å². The molecule has 27 heavy (non-hydrogen) atoms. The maximum absolute atomic E-state index is 12.8. The monoisotopic (exact) mass is 385 g/mol. The number of imide groups is 1. The molecule has 1 heterocycles. The summed E-state index contributed by atoms with van der Waals surface area (Å²) in [4.78, 5) is 38.5. The number of nitrogens with one attached hydrogen (secondary N) is 2. The van der Waals surface area contributed by atoms with Crippen molar-refractivity contribution in [3.8, 4) is 0 Å². The van der Waals surface area contributed by atoms with Gasteiger partial charge in [0, 0.05) is 5.02 Å². The fourth-order valence-electron chi connectivity index (χ4n) is 3.14. The number of nitrogens with zero attached hydrogens (tertiary/aromatic N) is 1. The predicted molar refractivity (Wildman–Crippen MR) is 102 cm³/mol. The molecule has 2 N–H and O–H groups in total. The molecule has 0 spiro atoms. The van der Waals surface area contributed by atoms with Crippen LogP contribution >= 0.6 is 11.6 Å². The van der Waals surface area contributed by atoms with E-state index in [1.54, 1.807) is 50.2 Å². The lowest BCUT2D eigenvalue weighted by Gasteiger charge is -2.22. The first-order chi connectivity index (χ1) is 12.8. The Labute approximate surface area is 162 Å². The highest BCUT2D eigenvalue weighted by Gasteiger charge is 2.49. The molecule has 2 atom stereocenters. The first kappa shape index (κ1) is 18.9. The minimum Gasteiger partial charge on any atom is -0.348 e. The lowest BCUT2D eigenvalue weighted by molar-refractivity contribution is -0.135. The van der Waals surface area contributed by atoms with Crippen LogP contribution in [0.2, 0.25) is 5.02 Å². The zero-order valence-corrected chi connectivity index (χ0v) is 15.8. The van der Waals surface area contributed by atoms with Crippen LogP contribution in [-0.2, 0) is 15.1 Å². The highest BCUT2D eigenvalue weighted by atomic mass is 35.5. The predicted octanol–water partition coefficient (Wildman–Crippen LogP) is 2.98. The first-order valence-corrected chi connectivity index (χ1v) is 8.94. The van der Waals surface area contributed by atoms with E-state index in [0.29, 0.717) is 10.6 Å². The number of carbonyl (C=O) groups excluding carboxylic acids is 3. The van der Waals surface area contributed by atoms with Crippen LogP contribution in [-0.4, -0.2) is 29.3 Å². The van der Waals surface area contributed by atoms with E-state index in [9.17, 15) is 14.4 Å². The van der Waals surface area contributed by atoms with Crippen molar-refractivity contribution in [3.05, 3.63) is 70.7 Å². The van der Waals surface area contributed by atoms with Gasteiger partial charge in [0.25, 0.3) is 5.91 Å². The third-order valence-corrected chi connectivity index (χ3v) is 5.02. The molecule has 0 saturated carbocycles. The van der Waals surface area contributed by atoms with Crippen molar-refractivity contribution in [2.24, 2.45) is 0 Å². The Morgan fingerprint density at radius 3 is 2.44 bits per heavy atom. The van der Waals surface area contributed by atoms with Gasteiger partial charge in [-0.2, -0.15) is 0 Å². The van der Waals surface area contributed by atoms with E-state index in [1.165, 1.54) is 0 Å². The Morgan fingerprint density at radius 2 is 1.78 bits per heavy atom. The third kappa shape index (κ3) is 3.66. The average Bonchev–Trinajstić information content (AvgIpc) is 2.87. The second kappa shape index (κ2) is 7.40. The number of hydrogen-bond acceptors (Lipinski definition) is 3. The van der Waals surface area contributed by atoms with Crippen LogP contribution in [0.5, 0.6) is 0 Å². The maximum Gasteiger partial charge on any atom is 0.325 e. The van der Waals surface area contributed by atoms with Crippen LogP contribution in [0, 0.1) is 0 Å². The van der Waals surface area contributed by atoms with Gasteiger partial charge in [0.2, 0.25) is 5.91 Å². The molecule has 0 aromatic heterocycles. The molecule has 0 unspecified atom stereocenters. The molecule has 140 valence electrons. The zero-order valence-electron chi connectivity index (χ0n) is 15.0. The van der Waals surface area contributed by atoms with Gasteiger partial charge in [-0.05, 0) is 31.0 Å². The minimum absolute atomic E-state index is 0.354. The Bertz CT molecular complexity index is 887. The van der Waals surface area contributed by atoms with Crippen LogP contribution in [0.4, 0.5) is 4.79 Å². The zero-order chi connectivity index (χ0) is 19.6. The number of hydrogen-bond donors (Lipinski definition) is 2. The Hall–Kier alpha value is -2.86. The van der Waals surface area contributed by atoms with Gasteiger partial charge in [-0.15, -0.1) is 0 Å². The summed E-state index contributed by atoms with van der Waals surface area (Å²) in [5.74, 6) is -0.900. The summed E-state index contributed by atoms with van der Waals surface area (Å²) in [6.07, 6.45) is 0. The van der Waals surface area contributed by atoms with Gasteiger partial charge in [-0.1, -0.05) is 60.1 Å². The summed E-state index contributed by atoms with van der Waals surface area (Å²) in [5, 5.41) is 6.00. The number of urea groups is 1. The standard InChI is InChI=1S/C20H20ClN3O3/c1-13(15-10-6-7-11-16(15)21)22-17(25)12-24-18(26)20(2,23-19(24)27)14-8-4-3-5-9-14/h3-11,13H,12H2,1-2H3,(H,22,25)(H,23,27)/t13-,20-/m0/s1. The van der Waals surface area contributed by atoms with Crippen LogP contribution in [0.3, 0.4) is 0 Å². The van der Waals surface area contributed by atoms with Crippen molar-refractivity contribution >= 4 is 29.4 Å². The van der Waals surface area contributed by atoms with E-state index in [-0.39, 0.29) is 12.6 Å². The molecule has 0 radical (unpaired) electrons. The van der Waals surface area contributed by atoms with E-state index in [4.69, 9.17) is 11.6 Å². The van der Waals surface area contributed by atoms with Gasteiger partial charge in [-0.3, -0.25) is 14.5 Å². The number of rotatable bonds is 5. The molecule has 1 aliphatic rings. The summed E-state index contributed by atoms with van der Waals surface area (Å²) in [7, 11) is 0. The van der Waals surface area contributed by atoms with Crippen LogP contribution in [0.15, 0.2) is 54.6 Å². The van der Waals surface area contributed by atoms with Crippen molar-refractivity contribution in [1.29, 1.82) is 0 Å². The van der Waals surface area contributed by atoms with Crippen LogP contribution in [0.1, 0.15) is 31.0 Å². The normalized spacial score (nSPS) is 20.3. The molecule has 6 nitrogen and oxygen atoms in total. The quantitative estimate of drug-likeness (QED) is 0.776. The Kier molecular flexibility index (Phi) is 5.19. The number of carbonyl (C=O) groups is 3. The second-order valence-corrected chi connectivity index (χ2v) is 7.03. The molecular formula is C20H20ClN3O3. The average molecular weight is 386 g/mol. The van der Waals surface area contributed by atoms with E-state index in [1.807, 2.05) is 18.2 Å². The van der Waals surface area contributed by atoms with E-state index < -0.39 is 23.4 Å². The van der Waals surface area contributed by atoms with Crippen molar-refractivity contribution in [2.45, 2.75) is 25.4 Å².